The summed E-state index contributed by atoms with van der Waals surface area (Å²) in [5, 5.41) is 2.92. The molecule has 0 saturated heterocycles. The van der Waals surface area contributed by atoms with Crippen molar-refractivity contribution in [3.05, 3.63) is 59.7 Å². The summed E-state index contributed by atoms with van der Waals surface area (Å²) in [6.45, 7) is 0.535. The van der Waals surface area contributed by atoms with Gasteiger partial charge in [-0.05, 0) is 24.3 Å². The molecule has 0 unspecified atom stereocenters. The van der Waals surface area contributed by atoms with Crippen LogP contribution in [0.5, 0.6) is 5.75 Å². The minimum Gasteiger partial charge on any atom is -0.493 e. The molecule has 1 atom stereocenters. The first-order chi connectivity index (χ1) is 11.1. The summed E-state index contributed by atoms with van der Waals surface area (Å²) in [4.78, 5) is 12.2. The summed E-state index contributed by atoms with van der Waals surface area (Å²) in [6, 6.07) is 10.6. The average molecular weight is 335 g/mol. The smallest absolute Gasteiger partial charge is 0.230 e. The van der Waals surface area contributed by atoms with Crippen LogP contribution in [0.2, 0.25) is 0 Å². The van der Waals surface area contributed by atoms with E-state index in [0.717, 1.165) is 41.3 Å². The number of ether oxygens (including phenoxy) is 1. The first kappa shape index (κ1) is 15.8. The lowest BCUT2D eigenvalue weighted by atomic mass is 10.0. The van der Waals surface area contributed by atoms with Crippen LogP contribution in [0.15, 0.2) is 47.4 Å². The molecule has 0 radical (unpaired) electrons. The van der Waals surface area contributed by atoms with Crippen molar-refractivity contribution >= 4 is 17.7 Å². The second kappa shape index (κ2) is 7.00. The lowest BCUT2D eigenvalue weighted by molar-refractivity contribution is -0.119. The van der Waals surface area contributed by atoms with Gasteiger partial charge in [-0.1, -0.05) is 18.2 Å². The number of carbonyl (C=O) groups is 1. The molecule has 1 aliphatic rings. The maximum Gasteiger partial charge on any atom is 0.230 e. The van der Waals surface area contributed by atoms with Gasteiger partial charge in [-0.25, -0.2) is 8.78 Å². The Balaban J connectivity index is 1.61. The van der Waals surface area contributed by atoms with Gasteiger partial charge in [0.15, 0.2) is 0 Å². The van der Waals surface area contributed by atoms with Crippen LogP contribution < -0.4 is 10.1 Å². The average Bonchev–Trinajstić information content (AvgIpc) is 2.56. The highest BCUT2D eigenvalue weighted by molar-refractivity contribution is 8.00. The molecule has 0 aromatic heterocycles. The van der Waals surface area contributed by atoms with Crippen molar-refractivity contribution in [1.29, 1.82) is 0 Å². The van der Waals surface area contributed by atoms with Crippen molar-refractivity contribution in [2.45, 2.75) is 17.4 Å². The largest absolute Gasteiger partial charge is 0.493 e. The normalized spacial score (nSPS) is 16.3. The van der Waals surface area contributed by atoms with Gasteiger partial charge in [-0.15, -0.1) is 11.8 Å². The number of amides is 1. The molecule has 0 bridgehead atoms. The maximum absolute atomic E-state index is 13.5. The van der Waals surface area contributed by atoms with Crippen molar-refractivity contribution in [3.63, 3.8) is 0 Å². The molecular formula is C17H15F2NO2S. The van der Waals surface area contributed by atoms with E-state index in [2.05, 4.69) is 5.32 Å². The molecule has 3 rings (SSSR count). The maximum atomic E-state index is 13.5. The molecule has 3 nitrogen and oxygen atoms in total. The quantitative estimate of drug-likeness (QED) is 0.866. The van der Waals surface area contributed by atoms with Crippen LogP contribution in [0.4, 0.5) is 8.78 Å². The molecule has 1 amide bonds. The van der Waals surface area contributed by atoms with Crippen LogP contribution in [0.3, 0.4) is 0 Å². The van der Waals surface area contributed by atoms with E-state index < -0.39 is 11.6 Å². The second-order valence-electron chi connectivity index (χ2n) is 5.16. The minimum absolute atomic E-state index is 0.0277. The molecular weight excluding hydrogens is 320 g/mol. The van der Waals surface area contributed by atoms with Crippen LogP contribution in [-0.4, -0.2) is 18.3 Å². The molecule has 120 valence electrons. The third-order valence-electron chi connectivity index (χ3n) is 3.55. The predicted octanol–water partition coefficient (Wildman–Crippen LogP) is 3.70. The number of rotatable bonds is 4. The lowest BCUT2D eigenvalue weighted by Gasteiger charge is -2.26. The summed E-state index contributed by atoms with van der Waals surface area (Å²) < 4.78 is 32.2. The number of nitrogens with one attached hydrogen (secondary N) is 1. The topological polar surface area (TPSA) is 38.3 Å². The third kappa shape index (κ3) is 3.82. The Morgan fingerprint density at radius 3 is 2.96 bits per heavy atom. The molecule has 23 heavy (non-hydrogen) atoms. The first-order valence-electron chi connectivity index (χ1n) is 7.22. The molecule has 2 aromatic carbocycles. The second-order valence-corrected chi connectivity index (χ2v) is 6.18. The number of benzene rings is 2. The van der Waals surface area contributed by atoms with Crippen molar-refractivity contribution < 1.29 is 18.3 Å². The van der Waals surface area contributed by atoms with Crippen molar-refractivity contribution in [1.82, 2.24) is 5.32 Å². The number of hydrogen-bond donors (Lipinski definition) is 1. The van der Waals surface area contributed by atoms with E-state index in [1.54, 1.807) is 0 Å². The lowest BCUT2D eigenvalue weighted by Crippen LogP contribution is -2.33. The van der Waals surface area contributed by atoms with Gasteiger partial charge in [0.1, 0.15) is 17.4 Å². The molecule has 1 heterocycles. The van der Waals surface area contributed by atoms with E-state index in [0.29, 0.717) is 13.0 Å². The van der Waals surface area contributed by atoms with Crippen LogP contribution in [0, 0.1) is 11.6 Å². The van der Waals surface area contributed by atoms with E-state index in [9.17, 15) is 13.6 Å². The number of thioether (sulfide) groups is 1. The summed E-state index contributed by atoms with van der Waals surface area (Å²) >= 11 is 0.981. The summed E-state index contributed by atoms with van der Waals surface area (Å²) in [7, 11) is 0. The molecule has 1 N–H and O–H groups in total. The number of halogens is 2. The van der Waals surface area contributed by atoms with Gasteiger partial charge in [0.2, 0.25) is 5.91 Å². The standard InChI is InChI=1S/C17H15F2NO2S/c18-11-5-6-13(19)16(9-11)23-10-17(21)20-14-7-8-22-15-4-2-1-3-12(14)15/h1-6,9,14H,7-8,10H2,(H,20,21)/t14-/m0/s1. The Hall–Kier alpha value is -2.08. The third-order valence-corrected chi connectivity index (χ3v) is 4.58. The van der Waals surface area contributed by atoms with Gasteiger partial charge >= 0.3 is 0 Å². The van der Waals surface area contributed by atoms with Crippen LogP contribution >= 0.6 is 11.8 Å². The number of fused-ring (bicyclic) bond motifs is 1. The molecule has 2 aromatic rings. The van der Waals surface area contributed by atoms with Gasteiger partial charge in [-0.3, -0.25) is 4.79 Å². The first-order valence-corrected chi connectivity index (χ1v) is 8.21. The molecule has 0 spiro atoms. The number of carbonyl (C=O) groups excluding carboxylic acids is 1. The highest BCUT2D eigenvalue weighted by Crippen LogP contribution is 2.31. The summed E-state index contributed by atoms with van der Waals surface area (Å²) in [6.07, 6.45) is 0.682. The monoisotopic (exact) mass is 335 g/mol. The highest BCUT2D eigenvalue weighted by Gasteiger charge is 2.22. The van der Waals surface area contributed by atoms with Gasteiger partial charge < -0.3 is 10.1 Å². The summed E-state index contributed by atoms with van der Waals surface area (Å²) in [5.41, 5.74) is 0.939. The van der Waals surface area contributed by atoms with Crippen molar-refractivity contribution in [2.75, 3.05) is 12.4 Å². The van der Waals surface area contributed by atoms with E-state index in [4.69, 9.17) is 4.74 Å². The molecule has 0 fully saturated rings. The number of hydrogen-bond acceptors (Lipinski definition) is 3. The zero-order valence-electron chi connectivity index (χ0n) is 12.2. The molecule has 1 aliphatic heterocycles. The SMILES string of the molecule is O=C(CSc1cc(F)ccc1F)N[C@H]1CCOc2ccccc21. The van der Waals surface area contributed by atoms with Crippen LogP contribution in [0.1, 0.15) is 18.0 Å². The Labute approximate surface area is 137 Å². The van der Waals surface area contributed by atoms with E-state index in [1.807, 2.05) is 24.3 Å². The summed E-state index contributed by atoms with van der Waals surface area (Å²) in [5.74, 6) is -0.471. The Morgan fingerprint density at radius 2 is 2.09 bits per heavy atom. The van der Waals surface area contributed by atoms with Gasteiger partial charge in [0, 0.05) is 16.9 Å². The van der Waals surface area contributed by atoms with Gasteiger partial charge in [0.25, 0.3) is 0 Å². The van der Waals surface area contributed by atoms with Crippen LogP contribution in [0.25, 0.3) is 0 Å². The van der Waals surface area contributed by atoms with E-state index >= 15 is 0 Å². The minimum atomic E-state index is -0.527. The fourth-order valence-corrected chi connectivity index (χ4v) is 3.23. The Bertz CT molecular complexity index is 723. The highest BCUT2D eigenvalue weighted by atomic mass is 32.2. The van der Waals surface area contributed by atoms with E-state index in [-0.39, 0.29) is 22.6 Å². The Kier molecular flexibility index (Phi) is 4.81. The van der Waals surface area contributed by atoms with E-state index in [1.165, 1.54) is 0 Å². The van der Waals surface area contributed by atoms with Crippen molar-refractivity contribution in [2.24, 2.45) is 0 Å². The predicted molar refractivity (Wildman–Crippen MR) is 84.5 cm³/mol. The molecule has 0 aliphatic carbocycles. The zero-order chi connectivity index (χ0) is 16.2. The van der Waals surface area contributed by atoms with Crippen molar-refractivity contribution in [3.8, 4) is 5.75 Å². The molecule has 0 saturated carbocycles. The fraction of sp³-hybridized carbons (Fsp3) is 0.235. The zero-order valence-corrected chi connectivity index (χ0v) is 13.0. The van der Waals surface area contributed by atoms with Gasteiger partial charge in [0.05, 0.1) is 18.4 Å². The molecule has 6 heteroatoms. The number of para-hydroxylation sites is 1. The van der Waals surface area contributed by atoms with Gasteiger partial charge in [-0.2, -0.15) is 0 Å². The Morgan fingerprint density at radius 1 is 1.26 bits per heavy atom. The fourth-order valence-electron chi connectivity index (χ4n) is 2.46. The van der Waals surface area contributed by atoms with Crippen LogP contribution in [-0.2, 0) is 4.79 Å².